The zero-order valence-corrected chi connectivity index (χ0v) is 21.9. The lowest BCUT2D eigenvalue weighted by Crippen LogP contribution is -2.45. The van der Waals surface area contributed by atoms with Gasteiger partial charge in [0.25, 0.3) is 5.91 Å². The van der Waals surface area contributed by atoms with Crippen LogP contribution in [0.15, 0.2) is 42.5 Å². The molecule has 1 heterocycles. The summed E-state index contributed by atoms with van der Waals surface area (Å²) >= 11 is 0. The molecule has 1 aliphatic rings. The van der Waals surface area contributed by atoms with Gasteiger partial charge >= 0.3 is 0 Å². The number of ether oxygens (including phenoxy) is 1. The minimum atomic E-state index is -0.597. The van der Waals surface area contributed by atoms with Crippen molar-refractivity contribution in [3.8, 4) is 5.75 Å². The summed E-state index contributed by atoms with van der Waals surface area (Å²) in [5, 5.41) is 2.97. The van der Waals surface area contributed by atoms with Gasteiger partial charge in [-0.15, -0.1) is 0 Å². The van der Waals surface area contributed by atoms with E-state index in [1.807, 2.05) is 50.8 Å². The fraction of sp³-hybridized carbons (Fsp3) is 0.517. The minimum Gasteiger partial charge on any atom is -0.481 e. The molecule has 0 bridgehead atoms. The second kappa shape index (κ2) is 11.2. The molecule has 0 radical (unpaired) electrons. The highest BCUT2D eigenvalue weighted by atomic mass is 19.1. The second-order valence-electron chi connectivity index (χ2n) is 10.8. The average molecular weight is 483 g/mol. The van der Waals surface area contributed by atoms with E-state index in [9.17, 15) is 14.0 Å². The summed E-state index contributed by atoms with van der Waals surface area (Å²) in [7, 11) is 0. The van der Waals surface area contributed by atoms with Crippen LogP contribution < -0.4 is 10.1 Å². The molecule has 0 spiro atoms. The van der Waals surface area contributed by atoms with Crippen LogP contribution in [0.2, 0.25) is 0 Å². The maximum absolute atomic E-state index is 13.7. The highest BCUT2D eigenvalue weighted by Crippen LogP contribution is 2.39. The second-order valence-corrected chi connectivity index (χ2v) is 10.8. The molecule has 5 nitrogen and oxygen atoms in total. The molecule has 0 saturated carbocycles. The summed E-state index contributed by atoms with van der Waals surface area (Å²) in [4.78, 5) is 28.0. The number of carbonyl (C=O) groups excluding carboxylic acids is 2. The van der Waals surface area contributed by atoms with Gasteiger partial charge in [-0.1, -0.05) is 59.7 Å². The fourth-order valence-electron chi connectivity index (χ4n) is 4.41. The van der Waals surface area contributed by atoms with Crippen LogP contribution >= 0.6 is 0 Å². The predicted octanol–water partition coefficient (Wildman–Crippen LogP) is 5.67. The summed E-state index contributed by atoms with van der Waals surface area (Å²) in [5.74, 6) is 0.709. The van der Waals surface area contributed by atoms with Crippen LogP contribution in [0.25, 0.3) is 0 Å². The quantitative estimate of drug-likeness (QED) is 0.528. The Balaban J connectivity index is 1.93. The van der Waals surface area contributed by atoms with E-state index in [1.165, 1.54) is 12.1 Å². The molecular weight excluding hydrogens is 443 g/mol. The van der Waals surface area contributed by atoms with Gasteiger partial charge < -0.3 is 15.0 Å². The Morgan fingerprint density at radius 1 is 1.14 bits per heavy atom. The maximum atomic E-state index is 13.7. The summed E-state index contributed by atoms with van der Waals surface area (Å²) in [5.41, 5.74) is 2.37. The normalized spacial score (nSPS) is 16.6. The first-order valence-corrected chi connectivity index (χ1v) is 12.6. The lowest BCUT2D eigenvalue weighted by Gasteiger charge is -2.41. The lowest BCUT2D eigenvalue weighted by atomic mass is 9.85. The van der Waals surface area contributed by atoms with Crippen LogP contribution in [-0.4, -0.2) is 35.9 Å². The molecular formula is C29H39FN2O3. The molecule has 2 amide bonds. The molecule has 190 valence electrons. The number of carbonyl (C=O) groups is 2. The van der Waals surface area contributed by atoms with Gasteiger partial charge in [0.05, 0.1) is 6.04 Å². The number of amides is 2. The third-order valence-corrected chi connectivity index (χ3v) is 6.40. The SMILES string of the molecule is CC[C@@H](Oc1ccc2c(c1)[C@H](c1ccc(F)cc1)N(C(=O)C(C)(C)C)CC2)C(=O)NCCC(C)C. The van der Waals surface area contributed by atoms with E-state index in [0.717, 1.165) is 29.5 Å². The van der Waals surface area contributed by atoms with Gasteiger partial charge in [0, 0.05) is 18.5 Å². The predicted molar refractivity (Wildman–Crippen MR) is 137 cm³/mol. The van der Waals surface area contributed by atoms with E-state index in [4.69, 9.17) is 4.74 Å². The number of hydrogen-bond donors (Lipinski definition) is 1. The molecule has 3 rings (SSSR count). The molecule has 0 aromatic heterocycles. The van der Waals surface area contributed by atoms with Crippen LogP contribution in [0.1, 0.15) is 77.1 Å². The summed E-state index contributed by atoms with van der Waals surface area (Å²) in [6, 6.07) is 11.8. The Hall–Kier alpha value is -2.89. The van der Waals surface area contributed by atoms with Gasteiger partial charge in [-0.05, 0) is 66.1 Å². The number of benzene rings is 2. The van der Waals surface area contributed by atoms with Crippen LogP contribution in [-0.2, 0) is 16.0 Å². The Morgan fingerprint density at radius 2 is 1.83 bits per heavy atom. The Kier molecular flexibility index (Phi) is 8.57. The number of halogens is 1. The van der Waals surface area contributed by atoms with E-state index in [1.54, 1.807) is 12.1 Å². The van der Waals surface area contributed by atoms with Gasteiger partial charge in [0.15, 0.2) is 6.10 Å². The maximum Gasteiger partial charge on any atom is 0.261 e. The molecule has 0 aliphatic carbocycles. The number of nitrogens with zero attached hydrogens (tertiary/aromatic N) is 1. The van der Waals surface area contributed by atoms with Crippen LogP contribution in [0.3, 0.4) is 0 Å². The molecule has 0 saturated heterocycles. The molecule has 2 aromatic rings. The average Bonchev–Trinajstić information content (AvgIpc) is 2.81. The largest absolute Gasteiger partial charge is 0.481 e. The Bertz CT molecular complexity index is 1030. The molecule has 6 heteroatoms. The van der Waals surface area contributed by atoms with Gasteiger partial charge in [0.2, 0.25) is 5.91 Å². The molecule has 1 aliphatic heterocycles. The summed E-state index contributed by atoms with van der Waals surface area (Å²) in [6.07, 6.45) is 1.58. The van der Waals surface area contributed by atoms with Crippen molar-refractivity contribution in [3.63, 3.8) is 0 Å². The number of fused-ring (bicyclic) bond motifs is 1. The lowest BCUT2D eigenvalue weighted by molar-refractivity contribution is -0.141. The molecule has 1 N–H and O–H groups in total. The number of rotatable bonds is 8. The topological polar surface area (TPSA) is 58.6 Å². The van der Waals surface area contributed by atoms with Crippen LogP contribution in [0, 0.1) is 17.2 Å². The highest BCUT2D eigenvalue weighted by Gasteiger charge is 2.37. The van der Waals surface area contributed by atoms with Crippen LogP contribution in [0.4, 0.5) is 4.39 Å². The van der Waals surface area contributed by atoms with Crippen molar-refractivity contribution in [1.29, 1.82) is 0 Å². The van der Waals surface area contributed by atoms with Crippen LogP contribution in [0.5, 0.6) is 5.75 Å². The monoisotopic (exact) mass is 482 g/mol. The zero-order valence-electron chi connectivity index (χ0n) is 21.9. The minimum absolute atomic E-state index is 0.0414. The third kappa shape index (κ3) is 6.62. The fourth-order valence-corrected chi connectivity index (χ4v) is 4.41. The van der Waals surface area contributed by atoms with E-state index in [-0.39, 0.29) is 23.7 Å². The van der Waals surface area contributed by atoms with Gasteiger partial charge in [-0.3, -0.25) is 9.59 Å². The molecule has 2 aromatic carbocycles. The number of hydrogen-bond acceptors (Lipinski definition) is 3. The van der Waals surface area contributed by atoms with Crippen molar-refractivity contribution >= 4 is 11.8 Å². The molecule has 0 unspecified atom stereocenters. The van der Waals surface area contributed by atoms with E-state index in [0.29, 0.717) is 31.2 Å². The van der Waals surface area contributed by atoms with Crippen molar-refractivity contribution in [2.24, 2.45) is 11.3 Å². The van der Waals surface area contributed by atoms with Crippen molar-refractivity contribution in [2.45, 2.75) is 73.0 Å². The number of nitrogens with one attached hydrogen (secondary N) is 1. The van der Waals surface area contributed by atoms with Crippen molar-refractivity contribution in [3.05, 3.63) is 65.0 Å². The standard InChI is InChI=1S/C29H39FN2O3/c1-7-25(27(33)31-16-14-19(2)3)35-23-13-10-20-15-17-32(28(34)29(4,5)6)26(24(20)18-23)21-8-11-22(30)12-9-21/h8-13,18-19,25-26H,7,14-17H2,1-6H3,(H,31,33)/t25-,26+/m1/s1. The van der Waals surface area contributed by atoms with Gasteiger partial charge in [-0.2, -0.15) is 0 Å². The first-order valence-electron chi connectivity index (χ1n) is 12.6. The van der Waals surface area contributed by atoms with Gasteiger partial charge in [0.1, 0.15) is 11.6 Å². The van der Waals surface area contributed by atoms with Crippen molar-refractivity contribution in [1.82, 2.24) is 10.2 Å². The first-order chi connectivity index (χ1) is 16.5. The highest BCUT2D eigenvalue weighted by molar-refractivity contribution is 5.83. The van der Waals surface area contributed by atoms with E-state index < -0.39 is 11.5 Å². The summed E-state index contributed by atoms with van der Waals surface area (Å²) in [6.45, 7) is 13.1. The smallest absolute Gasteiger partial charge is 0.261 e. The van der Waals surface area contributed by atoms with E-state index in [2.05, 4.69) is 19.2 Å². The van der Waals surface area contributed by atoms with Crippen molar-refractivity contribution < 1.29 is 18.7 Å². The van der Waals surface area contributed by atoms with Crippen molar-refractivity contribution in [2.75, 3.05) is 13.1 Å². The molecule has 35 heavy (non-hydrogen) atoms. The third-order valence-electron chi connectivity index (χ3n) is 6.40. The molecule has 2 atom stereocenters. The molecule has 0 fully saturated rings. The van der Waals surface area contributed by atoms with E-state index >= 15 is 0 Å². The van der Waals surface area contributed by atoms with Gasteiger partial charge in [-0.25, -0.2) is 4.39 Å². The summed E-state index contributed by atoms with van der Waals surface area (Å²) < 4.78 is 19.9. The Labute approximate surface area is 209 Å². The first kappa shape index (κ1) is 26.7. The zero-order chi connectivity index (χ0) is 25.8. The Morgan fingerprint density at radius 3 is 2.43 bits per heavy atom.